The van der Waals surface area contributed by atoms with Crippen LogP contribution in [0, 0.1) is 5.92 Å². The molecule has 0 bridgehead atoms. The highest BCUT2D eigenvalue weighted by atomic mass is 32.1. The highest BCUT2D eigenvalue weighted by Gasteiger charge is 2.20. The quantitative estimate of drug-likeness (QED) is 0.832. The minimum atomic E-state index is 0.339. The standard InChI is InChI=1S/C18H25NS/c19-17(14-8-4-2-1-3-5-9-14)12-15-13-20-18-11-7-6-10-16(15)18/h6-7,10-11,13-14,17H,1-5,8-9,12,19H2. The van der Waals surface area contributed by atoms with Gasteiger partial charge in [0.2, 0.25) is 0 Å². The summed E-state index contributed by atoms with van der Waals surface area (Å²) in [6, 6.07) is 9.06. The van der Waals surface area contributed by atoms with Crippen LogP contribution in [0.4, 0.5) is 0 Å². The van der Waals surface area contributed by atoms with Gasteiger partial charge in [0, 0.05) is 10.7 Å². The Kier molecular flexibility index (Phi) is 4.74. The van der Waals surface area contributed by atoms with E-state index in [4.69, 9.17) is 5.73 Å². The zero-order chi connectivity index (χ0) is 13.8. The van der Waals surface area contributed by atoms with Gasteiger partial charge in [-0.3, -0.25) is 0 Å². The third kappa shape index (κ3) is 3.24. The van der Waals surface area contributed by atoms with Crippen molar-refractivity contribution >= 4 is 21.4 Å². The Bertz CT molecular complexity index is 537. The molecule has 0 amide bonds. The van der Waals surface area contributed by atoms with Gasteiger partial charge in [-0.1, -0.05) is 50.3 Å². The van der Waals surface area contributed by atoms with Crippen molar-refractivity contribution in [2.45, 2.75) is 57.4 Å². The predicted molar refractivity (Wildman–Crippen MR) is 89.3 cm³/mol. The first-order chi connectivity index (χ1) is 9.84. The molecule has 1 unspecified atom stereocenters. The molecule has 0 aliphatic heterocycles. The lowest BCUT2D eigenvalue weighted by molar-refractivity contribution is 0.322. The molecule has 1 aliphatic carbocycles. The van der Waals surface area contributed by atoms with Crippen LogP contribution >= 0.6 is 11.3 Å². The third-order valence-corrected chi connectivity index (χ3v) is 5.78. The lowest BCUT2D eigenvalue weighted by atomic mass is 9.84. The summed E-state index contributed by atoms with van der Waals surface area (Å²) < 4.78 is 1.40. The average molecular weight is 287 g/mol. The summed E-state index contributed by atoms with van der Waals surface area (Å²) in [6.45, 7) is 0. The monoisotopic (exact) mass is 287 g/mol. The van der Waals surface area contributed by atoms with Crippen molar-refractivity contribution in [1.82, 2.24) is 0 Å². The number of thiophene rings is 1. The van der Waals surface area contributed by atoms with Gasteiger partial charge >= 0.3 is 0 Å². The first-order valence-electron chi connectivity index (χ1n) is 8.05. The molecule has 1 aliphatic rings. The second kappa shape index (κ2) is 6.73. The molecule has 1 saturated carbocycles. The SMILES string of the molecule is NC(Cc1csc2ccccc12)C1CCCCCCC1. The van der Waals surface area contributed by atoms with Crippen LogP contribution in [0.25, 0.3) is 10.1 Å². The van der Waals surface area contributed by atoms with Gasteiger partial charge in [-0.25, -0.2) is 0 Å². The molecule has 0 radical (unpaired) electrons. The average Bonchev–Trinajstić information content (AvgIpc) is 2.82. The van der Waals surface area contributed by atoms with Crippen LogP contribution in [-0.2, 0) is 6.42 Å². The van der Waals surface area contributed by atoms with Gasteiger partial charge in [0.1, 0.15) is 0 Å². The molecule has 2 aromatic rings. The predicted octanol–water partition coefficient (Wildman–Crippen LogP) is 5.13. The first kappa shape index (κ1) is 14.1. The number of nitrogens with two attached hydrogens (primary N) is 1. The Labute approximate surface area is 126 Å². The molecule has 108 valence electrons. The molecule has 1 aromatic heterocycles. The summed E-state index contributed by atoms with van der Waals surface area (Å²) in [7, 11) is 0. The summed E-state index contributed by atoms with van der Waals surface area (Å²) in [5.74, 6) is 0.731. The summed E-state index contributed by atoms with van der Waals surface area (Å²) in [6.07, 6.45) is 10.7. The van der Waals surface area contributed by atoms with Crippen molar-refractivity contribution in [3.05, 3.63) is 35.2 Å². The number of benzene rings is 1. The smallest absolute Gasteiger partial charge is 0.0345 e. The van der Waals surface area contributed by atoms with Crippen molar-refractivity contribution in [1.29, 1.82) is 0 Å². The number of hydrogen-bond acceptors (Lipinski definition) is 2. The Balaban J connectivity index is 1.69. The van der Waals surface area contributed by atoms with Gasteiger partial charge in [-0.05, 0) is 47.6 Å². The van der Waals surface area contributed by atoms with Gasteiger partial charge in [-0.2, -0.15) is 0 Å². The summed E-state index contributed by atoms with van der Waals surface area (Å²) in [4.78, 5) is 0. The Morgan fingerprint density at radius 2 is 1.75 bits per heavy atom. The molecule has 3 rings (SSSR count). The van der Waals surface area contributed by atoms with E-state index in [0.717, 1.165) is 12.3 Å². The van der Waals surface area contributed by atoms with E-state index < -0.39 is 0 Å². The van der Waals surface area contributed by atoms with Crippen LogP contribution in [0.3, 0.4) is 0 Å². The van der Waals surface area contributed by atoms with Gasteiger partial charge in [0.05, 0.1) is 0 Å². The van der Waals surface area contributed by atoms with Crippen molar-refractivity contribution in [2.24, 2.45) is 11.7 Å². The maximum atomic E-state index is 6.56. The van der Waals surface area contributed by atoms with E-state index in [1.807, 2.05) is 11.3 Å². The summed E-state index contributed by atoms with van der Waals surface area (Å²) in [5, 5.41) is 3.73. The Morgan fingerprint density at radius 1 is 1.05 bits per heavy atom. The topological polar surface area (TPSA) is 26.0 Å². The van der Waals surface area contributed by atoms with Crippen molar-refractivity contribution < 1.29 is 0 Å². The molecule has 1 aromatic carbocycles. The highest BCUT2D eigenvalue weighted by molar-refractivity contribution is 7.17. The van der Waals surface area contributed by atoms with Gasteiger partial charge in [0.15, 0.2) is 0 Å². The first-order valence-corrected chi connectivity index (χ1v) is 8.93. The van der Waals surface area contributed by atoms with E-state index in [1.165, 1.54) is 60.6 Å². The van der Waals surface area contributed by atoms with Crippen LogP contribution in [0.5, 0.6) is 0 Å². The van der Waals surface area contributed by atoms with E-state index in [0.29, 0.717) is 6.04 Å². The number of fused-ring (bicyclic) bond motifs is 1. The molecule has 1 heterocycles. The van der Waals surface area contributed by atoms with Crippen LogP contribution in [0.2, 0.25) is 0 Å². The fraction of sp³-hybridized carbons (Fsp3) is 0.556. The van der Waals surface area contributed by atoms with Gasteiger partial charge < -0.3 is 5.73 Å². The van der Waals surface area contributed by atoms with Crippen molar-refractivity contribution in [3.63, 3.8) is 0 Å². The maximum Gasteiger partial charge on any atom is 0.0345 e. The van der Waals surface area contributed by atoms with E-state index in [9.17, 15) is 0 Å². The van der Waals surface area contributed by atoms with E-state index >= 15 is 0 Å². The fourth-order valence-corrected chi connectivity index (χ4v) is 4.50. The second-order valence-electron chi connectivity index (χ2n) is 6.23. The molecule has 20 heavy (non-hydrogen) atoms. The number of hydrogen-bond donors (Lipinski definition) is 1. The van der Waals surface area contributed by atoms with Gasteiger partial charge in [-0.15, -0.1) is 11.3 Å². The molecule has 1 nitrogen and oxygen atoms in total. The molecule has 1 atom stereocenters. The zero-order valence-electron chi connectivity index (χ0n) is 12.2. The van der Waals surface area contributed by atoms with Crippen LogP contribution in [0.15, 0.2) is 29.6 Å². The minimum Gasteiger partial charge on any atom is -0.327 e. The van der Waals surface area contributed by atoms with Crippen LogP contribution < -0.4 is 5.73 Å². The summed E-state index contributed by atoms with van der Waals surface area (Å²) in [5.41, 5.74) is 8.01. The normalized spacial score (nSPS) is 19.6. The molecule has 2 heteroatoms. The van der Waals surface area contributed by atoms with Crippen LogP contribution in [-0.4, -0.2) is 6.04 Å². The van der Waals surface area contributed by atoms with Crippen molar-refractivity contribution in [3.8, 4) is 0 Å². The molecule has 2 N–H and O–H groups in total. The Hall–Kier alpha value is -0.860. The number of rotatable bonds is 3. The van der Waals surface area contributed by atoms with Crippen molar-refractivity contribution in [2.75, 3.05) is 0 Å². The van der Waals surface area contributed by atoms with Gasteiger partial charge in [0.25, 0.3) is 0 Å². The van der Waals surface area contributed by atoms with E-state index in [-0.39, 0.29) is 0 Å². The molecule has 1 fully saturated rings. The zero-order valence-corrected chi connectivity index (χ0v) is 13.0. The van der Waals surface area contributed by atoms with Crippen LogP contribution in [0.1, 0.15) is 50.5 Å². The fourth-order valence-electron chi connectivity index (χ4n) is 3.53. The van der Waals surface area contributed by atoms with E-state index in [2.05, 4.69) is 29.6 Å². The lowest BCUT2D eigenvalue weighted by Crippen LogP contribution is -2.32. The molecular weight excluding hydrogens is 262 g/mol. The highest BCUT2D eigenvalue weighted by Crippen LogP contribution is 2.30. The second-order valence-corrected chi connectivity index (χ2v) is 7.14. The largest absolute Gasteiger partial charge is 0.327 e. The molecule has 0 spiro atoms. The van der Waals surface area contributed by atoms with E-state index in [1.54, 1.807) is 0 Å². The maximum absolute atomic E-state index is 6.56. The lowest BCUT2D eigenvalue weighted by Gasteiger charge is -2.25. The molecule has 0 saturated heterocycles. The summed E-state index contributed by atoms with van der Waals surface area (Å²) >= 11 is 1.85. The third-order valence-electron chi connectivity index (χ3n) is 4.77. The minimum absolute atomic E-state index is 0.339. The Morgan fingerprint density at radius 3 is 2.55 bits per heavy atom. The molecular formula is C18H25NS.